The summed E-state index contributed by atoms with van der Waals surface area (Å²) < 4.78 is 1.95. The first-order valence-electron chi connectivity index (χ1n) is 9.12. The molecule has 5 nitrogen and oxygen atoms in total. The van der Waals surface area contributed by atoms with Gasteiger partial charge in [-0.15, -0.1) is 0 Å². The Morgan fingerprint density at radius 2 is 1.96 bits per heavy atom. The molecule has 1 aliphatic heterocycles. The van der Waals surface area contributed by atoms with Crippen molar-refractivity contribution in [2.75, 3.05) is 6.54 Å². The normalized spacial score (nSPS) is 17.3. The van der Waals surface area contributed by atoms with E-state index >= 15 is 0 Å². The van der Waals surface area contributed by atoms with Crippen molar-refractivity contribution in [3.63, 3.8) is 0 Å². The van der Waals surface area contributed by atoms with Crippen LogP contribution < -0.4 is 10.6 Å². The minimum absolute atomic E-state index is 0.0588. The van der Waals surface area contributed by atoms with Gasteiger partial charge in [0.1, 0.15) is 18.0 Å². The van der Waals surface area contributed by atoms with E-state index in [9.17, 15) is 4.79 Å². The van der Waals surface area contributed by atoms with Gasteiger partial charge in [-0.25, -0.2) is 0 Å². The van der Waals surface area contributed by atoms with Crippen molar-refractivity contribution in [1.82, 2.24) is 20.0 Å². The summed E-state index contributed by atoms with van der Waals surface area (Å²) in [4.78, 5) is 17.7. The summed E-state index contributed by atoms with van der Waals surface area (Å²) >= 11 is 0. The number of carbonyl (C=O) groups is 1. The van der Waals surface area contributed by atoms with Gasteiger partial charge in [-0.2, -0.15) is 4.98 Å². The van der Waals surface area contributed by atoms with Crippen molar-refractivity contribution >= 4 is 17.0 Å². The number of carbonyl (C=O) groups excluding carboxylic acids is 1. The highest BCUT2D eigenvalue weighted by atomic mass is 16.2. The summed E-state index contributed by atoms with van der Waals surface area (Å²) in [5, 5.41) is 6.38. The summed E-state index contributed by atoms with van der Waals surface area (Å²) in [5.41, 5.74) is 4.09. The van der Waals surface area contributed by atoms with Crippen molar-refractivity contribution in [3.05, 3.63) is 90.2 Å². The summed E-state index contributed by atoms with van der Waals surface area (Å²) in [6.45, 7) is 0.463. The molecular weight excluding hydrogens is 336 g/mol. The third kappa shape index (κ3) is 2.69. The zero-order valence-corrected chi connectivity index (χ0v) is 14.8. The lowest BCUT2D eigenvalue weighted by Crippen LogP contribution is -2.38. The van der Waals surface area contributed by atoms with E-state index in [-0.39, 0.29) is 11.4 Å². The lowest BCUT2D eigenvalue weighted by molar-refractivity contribution is -0.118. The van der Waals surface area contributed by atoms with Crippen LogP contribution in [0.15, 0.2) is 72.8 Å². The molecule has 0 saturated heterocycles. The van der Waals surface area contributed by atoms with Crippen LogP contribution in [0.5, 0.6) is 0 Å². The molecule has 27 heavy (non-hydrogen) atoms. The van der Waals surface area contributed by atoms with E-state index in [2.05, 4.69) is 33.8 Å². The van der Waals surface area contributed by atoms with Crippen LogP contribution in [0.4, 0.5) is 0 Å². The Bertz CT molecular complexity index is 1070. The fraction of sp³-hybridized carbons (Fsp3) is 0.182. The standard InChI is InChI=1S/C22H18N4O/c27-21(25-22(10-11-22)16-6-2-1-3-7-16)18-14-23-12-9-17(18)20-19-8-4-5-13-26(19)15-24-20/h1-8,12-13,15H,10-11,14H2,(H-,23,25,27)/p+1. The van der Waals surface area contributed by atoms with E-state index in [4.69, 9.17) is 0 Å². The monoisotopic (exact) mass is 355 g/mol. The van der Waals surface area contributed by atoms with Crippen LogP contribution in [-0.4, -0.2) is 21.8 Å². The number of rotatable bonds is 4. The van der Waals surface area contributed by atoms with Crippen LogP contribution >= 0.6 is 0 Å². The second-order valence-electron chi connectivity index (χ2n) is 7.01. The lowest BCUT2D eigenvalue weighted by Gasteiger charge is -2.18. The summed E-state index contributed by atoms with van der Waals surface area (Å²) in [6.07, 6.45) is 10.6. The van der Waals surface area contributed by atoms with Gasteiger partial charge in [0.05, 0.1) is 18.2 Å². The molecule has 0 radical (unpaired) electrons. The number of allylic oxidation sites excluding steroid dienone is 2. The topological polar surface area (TPSA) is 58.4 Å². The molecule has 132 valence electrons. The first-order valence-corrected chi connectivity index (χ1v) is 9.12. The first-order chi connectivity index (χ1) is 13.3. The van der Waals surface area contributed by atoms with Crippen molar-refractivity contribution < 1.29 is 4.79 Å². The fourth-order valence-electron chi connectivity index (χ4n) is 3.65. The van der Waals surface area contributed by atoms with Gasteiger partial charge in [0.25, 0.3) is 0 Å². The predicted octanol–water partition coefficient (Wildman–Crippen LogP) is 2.81. The van der Waals surface area contributed by atoms with Gasteiger partial charge in [0.2, 0.25) is 11.3 Å². The lowest BCUT2D eigenvalue weighted by atomic mass is 9.99. The van der Waals surface area contributed by atoms with E-state index in [0.29, 0.717) is 12.1 Å². The molecule has 3 aromatic rings. The molecule has 5 heteroatoms. The second kappa shape index (κ2) is 6.08. The van der Waals surface area contributed by atoms with Crippen LogP contribution in [0.25, 0.3) is 11.1 Å². The van der Waals surface area contributed by atoms with Crippen LogP contribution in [0.2, 0.25) is 0 Å². The highest BCUT2D eigenvalue weighted by Gasteiger charge is 2.47. The second-order valence-corrected chi connectivity index (χ2v) is 7.01. The average molecular weight is 355 g/mol. The number of aromatic nitrogens is 2. The highest BCUT2D eigenvalue weighted by Crippen LogP contribution is 2.45. The SMILES string of the molecule is O=C(NC1(c2ccccc2)CC1)C1=C(c2ncn3ccccc23)[C+]=CNC1. The quantitative estimate of drug-likeness (QED) is 0.708. The molecule has 0 unspecified atom stereocenters. The van der Waals surface area contributed by atoms with Crippen molar-refractivity contribution in [3.8, 4) is 0 Å². The van der Waals surface area contributed by atoms with Crippen LogP contribution in [0.1, 0.15) is 24.1 Å². The van der Waals surface area contributed by atoms with Gasteiger partial charge < -0.3 is 10.6 Å². The zero-order valence-electron chi connectivity index (χ0n) is 14.8. The molecule has 0 spiro atoms. The molecule has 3 heterocycles. The van der Waals surface area contributed by atoms with Gasteiger partial charge in [-0.3, -0.25) is 9.20 Å². The molecule has 2 aromatic heterocycles. The molecule has 1 aliphatic carbocycles. The zero-order chi connectivity index (χ0) is 18.3. The Kier molecular flexibility index (Phi) is 3.56. The van der Waals surface area contributed by atoms with E-state index in [1.54, 1.807) is 12.5 Å². The maximum absolute atomic E-state index is 13.2. The number of dihydropyridines is 1. The molecule has 2 aliphatic rings. The number of hydrogen-bond donors (Lipinski definition) is 2. The molecule has 5 rings (SSSR count). The predicted molar refractivity (Wildman–Crippen MR) is 103 cm³/mol. The third-order valence-corrected chi connectivity index (χ3v) is 5.28. The molecule has 0 bridgehead atoms. The van der Waals surface area contributed by atoms with Gasteiger partial charge >= 0.3 is 5.91 Å². The highest BCUT2D eigenvalue weighted by molar-refractivity contribution is 6.04. The van der Waals surface area contributed by atoms with E-state index < -0.39 is 0 Å². The Hall–Kier alpha value is -3.43. The largest absolute Gasteiger partial charge is 0.357 e. The number of hydrogen-bond acceptors (Lipinski definition) is 3. The Labute approximate surface area is 157 Å². The van der Waals surface area contributed by atoms with Crippen LogP contribution in [0.3, 0.4) is 0 Å². The van der Waals surface area contributed by atoms with Crippen molar-refractivity contribution in [2.45, 2.75) is 18.4 Å². The van der Waals surface area contributed by atoms with E-state index in [1.165, 1.54) is 0 Å². The van der Waals surface area contributed by atoms with E-state index in [0.717, 1.165) is 35.2 Å². The maximum Gasteiger partial charge on any atom is 0.307 e. The molecule has 1 fully saturated rings. The minimum Gasteiger partial charge on any atom is -0.357 e. The Morgan fingerprint density at radius 3 is 2.78 bits per heavy atom. The van der Waals surface area contributed by atoms with Crippen LogP contribution in [-0.2, 0) is 10.3 Å². The molecule has 0 atom stereocenters. The number of nitrogens with one attached hydrogen (secondary N) is 2. The summed E-state index contributed by atoms with van der Waals surface area (Å²) in [6, 6.07) is 16.1. The number of fused-ring (bicyclic) bond motifs is 1. The molecular formula is C22H19N4O+. The molecule has 1 amide bonds. The molecule has 2 N–H and O–H groups in total. The first kappa shape index (κ1) is 15.8. The van der Waals surface area contributed by atoms with E-state index in [1.807, 2.05) is 47.0 Å². The number of imidazole rings is 1. The molecule has 1 aromatic carbocycles. The molecule has 1 saturated carbocycles. The number of pyridine rings is 1. The fourth-order valence-corrected chi connectivity index (χ4v) is 3.65. The summed E-state index contributed by atoms with van der Waals surface area (Å²) in [5.74, 6) is -0.0588. The number of nitrogens with zero attached hydrogens (tertiary/aromatic N) is 2. The Morgan fingerprint density at radius 1 is 1.15 bits per heavy atom. The Balaban J connectivity index is 1.52. The average Bonchev–Trinajstić information content (AvgIpc) is 3.38. The van der Waals surface area contributed by atoms with Crippen LogP contribution in [0, 0.1) is 6.08 Å². The number of benzene rings is 1. The minimum atomic E-state index is -0.242. The third-order valence-electron chi connectivity index (χ3n) is 5.28. The van der Waals surface area contributed by atoms with Gasteiger partial charge in [-0.1, -0.05) is 36.4 Å². The smallest absolute Gasteiger partial charge is 0.307 e. The van der Waals surface area contributed by atoms with Gasteiger partial charge in [0.15, 0.2) is 5.57 Å². The van der Waals surface area contributed by atoms with Crippen molar-refractivity contribution in [1.29, 1.82) is 0 Å². The maximum atomic E-state index is 13.2. The summed E-state index contributed by atoms with van der Waals surface area (Å²) in [7, 11) is 0. The number of amides is 1. The van der Waals surface area contributed by atoms with Gasteiger partial charge in [0, 0.05) is 6.20 Å². The van der Waals surface area contributed by atoms with Gasteiger partial charge in [-0.05, 0) is 30.5 Å². The van der Waals surface area contributed by atoms with Crippen molar-refractivity contribution in [2.24, 2.45) is 0 Å².